The van der Waals surface area contributed by atoms with Crippen LogP contribution in [0.15, 0.2) is 0 Å². The highest BCUT2D eigenvalue weighted by Gasteiger charge is 2.04. The van der Waals surface area contributed by atoms with Crippen LogP contribution in [0.4, 0.5) is 0 Å². The number of nitrogens with two attached hydrogens (primary N) is 1. The first-order valence-electron chi connectivity index (χ1n) is 3.67. The first-order valence-corrected chi connectivity index (χ1v) is 3.67. The maximum Gasteiger partial charge on any atom is 0.305 e. The lowest BCUT2D eigenvalue weighted by molar-refractivity contribution is -0.141. The quantitative estimate of drug-likeness (QED) is 0.274. The summed E-state index contributed by atoms with van der Waals surface area (Å²) >= 11 is 0. The number of methoxy groups -OCH3 is 1. The minimum absolute atomic E-state index is 0.208. The summed E-state index contributed by atoms with van der Waals surface area (Å²) in [6.07, 6.45) is 0.820. The van der Waals surface area contributed by atoms with E-state index >= 15 is 0 Å². The Balaban J connectivity index is 3.43. The molecule has 0 saturated carbocycles. The molecule has 0 aromatic rings. The van der Waals surface area contributed by atoms with E-state index in [1.165, 1.54) is 14.0 Å². The van der Waals surface area contributed by atoms with Crippen molar-refractivity contribution in [3.8, 4) is 0 Å². The van der Waals surface area contributed by atoms with Crippen molar-refractivity contribution in [3.05, 3.63) is 0 Å². The number of hydrazine groups is 1. The standard InChI is InChI=1S/C7H14N2O3/c1-6(10)9(8)5-3-4-7(11)12-2/h3-5,8H2,1-2H3. The monoisotopic (exact) mass is 174 g/mol. The molecule has 0 aliphatic rings. The van der Waals surface area contributed by atoms with Crippen LogP contribution in [-0.2, 0) is 14.3 Å². The molecule has 0 unspecified atom stereocenters. The number of ether oxygens (including phenoxy) is 1. The molecule has 5 nitrogen and oxygen atoms in total. The molecule has 0 rings (SSSR count). The molecule has 70 valence electrons. The van der Waals surface area contributed by atoms with Crippen LogP contribution in [0.1, 0.15) is 19.8 Å². The molecule has 5 heteroatoms. The van der Waals surface area contributed by atoms with Crippen LogP contribution < -0.4 is 5.84 Å². The molecule has 0 fully saturated rings. The zero-order valence-corrected chi connectivity index (χ0v) is 7.37. The summed E-state index contributed by atoms with van der Waals surface area (Å²) in [7, 11) is 1.33. The Hall–Kier alpha value is -1.10. The third-order valence-corrected chi connectivity index (χ3v) is 1.41. The Bertz CT molecular complexity index is 170. The van der Waals surface area contributed by atoms with Gasteiger partial charge in [-0.1, -0.05) is 0 Å². The Morgan fingerprint density at radius 3 is 2.50 bits per heavy atom. The summed E-state index contributed by atoms with van der Waals surface area (Å²) in [6.45, 7) is 1.75. The zero-order chi connectivity index (χ0) is 9.56. The van der Waals surface area contributed by atoms with E-state index in [0.29, 0.717) is 13.0 Å². The molecule has 0 aromatic carbocycles. The summed E-state index contributed by atoms with van der Waals surface area (Å²) in [5.41, 5.74) is 0. The topological polar surface area (TPSA) is 72.6 Å². The molecule has 1 amide bonds. The van der Waals surface area contributed by atoms with Gasteiger partial charge in [-0.25, -0.2) is 5.84 Å². The first-order chi connectivity index (χ1) is 5.57. The van der Waals surface area contributed by atoms with E-state index in [0.717, 1.165) is 5.01 Å². The predicted octanol–water partition coefficient (Wildman–Crippen LogP) is -0.338. The van der Waals surface area contributed by atoms with Crippen molar-refractivity contribution in [2.75, 3.05) is 13.7 Å². The van der Waals surface area contributed by atoms with Gasteiger partial charge in [0.2, 0.25) is 5.91 Å². The summed E-state index contributed by atoms with van der Waals surface area (Å²) < 4.78 is 4.41. The van der Waals surface area contributed by atoms with E-state index in [1.807, 2.05) is 0 Å². The number of hydrogen-bond donors (Lipinski definition) is 1. The Morgan fingerprint density at radius 1 is 1.50 bits per heavy atom. The predicted molar refractivity (Wildman–Crippen MR) is 42.8 cm³/mol. The largest absolute Gasteiger partial charge is 0.469 e. The van der Waals surface area contributed by atoms with E-state index in [2.05, 4.69) is 4.74 Å². The Labute approximate surface area is 71.4 Å². The molecule has 0 heterocycles. The lowest BCUT2D eigenvalue weighted by atomic mass is 10.3. The molecule has 0 radical (unpaired) electrons. The lowest BCUT2D eigenvalue weighted by Gasteiger charge is -2.12. The second-order valence-electron chi connectivity index (χ2n) is 2.39. The second-order valence-corrected chi connectivity index (χ2v) is 2.39. The van der Waals surface area contributed by atoms with E-state index in [-0.39, 0.29) is 18.3 Å². The minimum atomic E-state index is -0.285. The van der Waals surface area contributed by atoms with Gasteiger partial charge in [0.15, 0.2) is 0 Å². The van der Waals surface area contributed by atoms with Gasteiger partial charge in [0, 0.05) is 19.9 Å². The molecule has 0 aromatic heterocycles. The van der Waals surface area contributed by atoms with Crippen LogP contribution in [-0.4, -0.2) is 30.5 Å². The van der Waals surface area contributed by atoms with Gasteiger partial charge in [0.25, 0.3) is 0 Å². The highest BCUT2D eigenvalue weighted by molar-refractivity contribution is 5.72. The van der Waals surface area contributed by atoms with E-state index in [1.54, 1.807) is 0 Å². The van der Waals surface area contributed by atoms with Crippen LogP contribution in [0.2, 0.25) is 0 Å². The summed E-state index contributed by atoms with van der Waals surface area (Å²) in [5, 5.41) is 1.07. The fraction of sp³-hybridized carbons (Fsp3) is 0.714. The molecule has 0 spiro atoms. The van der Waals surface area contributed by atoms with Gasteiger partial charge in [-0.3, -0.25) is 14.6 Å². The highest BCUT2D eigenvalue weighted by Crippen LogP contribution is 1.93. The number of carbonyl (C=O) groups excluding carboxylic acids is 2. The van der Waals surface area contributed by atoms with Gasteiger partial charge in [-0.05, 0) is 6.42 Å². The zero-order valence-electron chi connectivity index (χ0n) is 7.37. The summed E-state index contributed by atoms with van der Waals surface area (Å²) in [5.74, 6) is 4.78. The molecule has 2 N–H and O–H groups in total. The highest BCUT2D eigenvalue weighted by atomic mass is 16.5. The second kappa shape index (κ2) is 5.54. The molecule has 0 aliphatic heterocycles. The smallest absolute Gasteiger partial charge is 0.305 e. The van der Waals surface area contributed by atoms with Crippen LogP contribution >= 0.6 is 0 Å². The van der Waals surface area contributed by atoms with Crippen LogP contribution in [0.5, 0.6) is 0 Å². The number of amides is 1. The fourth-order valence-corrected chi connectivity index (χ4v) is 0.653. The van der Waals surface area contributed by atoms with Gasteiger partial charge in [-0.2, -0.15) is 0 Å². The maximum absolute atomic E-state index is 10.6. The molecule has 0 saturated heterocycles. The number of hydrogen-bond acceptors (Lipinski definition) is 4. The van der Waals surface area contributed by atoms with Crippen molar-refractivity contribution in [2.24, 2.45) is 5.84 Å². The summed E-state index contributed by atoms with van der Waals surface area (Å²) in [4.78, 5) is 21.2. The molecule has 0 bridgehead atoms. The van der Waals surface area contributed by atoms with Crippen LogP contribution in [0.25, 0.3) is 0 Å². The SMILES string of the molecule is COC(=O)CCCN(N)C(C)=O. The molecule has 0 aliphatic carbocycles. The van der Waals surface area contributed by atoms with Gasteiger partial charge in [0.1, 0.15) is 0 Å². The average molecular weight is 174 g/mol. The number of nitrogens with zero attached hydrogens (tertiary/aromatic N) is 1. The minimum Gasteiger partial charge on any atom is -0.469 e. The van der Waals surface area contributed by atoms with Crippen molar-refractivity contribution < 1.29 is 14.3 Å². The van der Waals surface area contributed by atoms with E-state index < -0.39 is 0 Å². The van der Waals surface area contributed by atoms with Crippen molar-refractivity contribution in [1.82, 2.24) is 5.01 Å². The van der Waals surface area contributed by atoms with Crippen molar-refractivity contribution in [1.29, 1.82) is 0 Å². The number of carbonyl (C=O) groups is 2. The van der Waals surface area contributed by atoms with Crippen molar-refractivity contribution in [3.63, 3.8) is 0 Å². The maximum atomic E-state index is 10.6. The third-order valence-electron chi connectivity index (χ3n) is 1.41. The van der Waals surface area contributed by atoms with Gasteiger partial charge in [-0.15, -0.1) is 0 Å². The van der Waals surface area contributed by atoms with E-state index in [9.17, 15) is 9.59 Å². The molecule has 12 heavy (non-hydrogen) atoms. The van der Waals surface area contributed by atoms with E-state index in [4.69, 9.17) is 5.84 Å². The average Bonchev–Trinajstić information content (AvgIpc) is 2.03. The van der Waals surface area contributed by atoms with Crippen LogP contribution in [0, 0.1) is 0 Å². The van der Waals surface area contributed by atoms with Gasteiger partial charge < -0.3 is 4.74 Å². The Morgan fingerprint density at radius 2 is 2.08 bits per heavy atom. The molecule has 0 atom stereocenters. The lowest BCUT2D eigenvalue weighted by Crippen LogP contribution is -2.36. The first kappa shape index (κ1) is 10.9. The summed E-state index contributed by atoms with van der Waals surface area (Å²) in [6, 6.07) is 0. The van der Waals surface area contributed by atoms with Gasteiger partial charge >= 0.3 is 5.97 Å². The van der Waals surface area contributed by atoms with Crippen LogP contribution in [0.3, 0.4) is 0 Å². The van der Waals surface area contributed by atoms with Crippen molar-refractivity contribution in [2.45, 2.75) is 19.8 Å². The number of esters is 1. The number of rotatable bonds is 4. The fourth-order valence-electron chi connectivity index (χ4n) is 0.653. The molecular formula is C7H14N2O3. The Kier molecular flexibility index (Phi) is 5.03. The normalized spacial score (nSPS) is 9.25. The third kappa shape index (κ3) is 4.68. The van der Waals surface area contributed by atoms with Gasteiger partial charge in [0.05, 0.1) is 7.11 Å². The molecular weight excluding hydrogens is 160 g/mol. The van der Waals surface area contributed by atoms with Crippen molar-refractivity contribution >= 4 is 11.9 Å².